The van der Waals surface area contributed by atoms with Gasteiger partial charge in [-0.1, -0.05) is 37.4 Å². The van der Waals surface area contributed by atoms with Gasteiger partial charge >= 0.3 is 6.61 Å². The smallest absolute Gasteiger partial charge is 0.387 e. The predicted octanol–water partition coefficient (Wildman–Crippen LogP) is 7.62. The van der Waals surface area contributed by atoms with Crippen LogP contribution in [0.5, 0.6) is 5.75 Å². The van der Waals surface area contributed by atoms with E-state index in [2.05, 4.69) is 4.74 Å². The Morgan fingerprint density at radius 3 is 2.03 bits per heavy atom. The van der Waals surface area contributed by atoms with E-state index in [0.717, 1.165) is 50.2 Å². The predicted molar refractivity (Wildman–Crippen MR) is 112 cm³/mol. The number of benzene rings is 1. The van der Waals surface area contributed by atoms with Gasteiger partial charge in [-0.05, 0) is 74.5 Å². The van der Waals surface area contributed by atoms with E-state index in [1.807, 2.05) is 0 Å². The van der Waals surface area contributed by atoms with Crippen LogP contribution in [0.1, 0.15) is 69.8 Å². The van der Waals surface area contributed by atoms with E-state index >= 15 is 0 Å². The normalized spacial score (nSPS) is 28.5. The fraction of sp³-hybridized carbons (Fsp3) is 0.739. The van der Waals surface area contributed by atoms with Crippen molar-refractivity contribution in [2.24, 2.45) is 11.8 Å². The van der Waals surface area contributed by atoms with Crippen molar-refractivity contribution in [3.8, 4) is 5.75 Å². The lowest BCUT2D eigenvalue weighted by Crippen LogP contribution is -2.28. The second-order valence-electron chi connectivity index (χ2n) is 9.30. The largest absolute Gasteiger partial charge is 0.429 e. The van der Waals surface area contributed by atoms with E-state index in [0.29, 0.717) is 17.9 Å². The molecule has 0 bridgehead atoms. The Bertz CT molecular complexity index is 645. The van der Waals surface area contributed by atoms with Gasteiger partial charge in [-0.2, -0.15) is 8.78 Å². The van der Waals surface area contributed by atoms with Crippen LogP contribution in [0.15, 0.2) is 12.1 Å². The number of hydrogen-bond acceptors (Lipinski definition) is 1. The van der Waals surface area contributed by atoms with Crippen LogP contribution in [-0.4, -0.2) is 21.6 Å². The maximum atomic E-state index is 14.0. The van der Waals surface area contributed by atoms with Gasteiger partial charge in [0, 0.05) is 8.80 Å². The summed E-state index contributed by atoms with van der Waals surface area (Å²) in [7, 11) is -0.682. The number of rotatable bonds is 8. The number of ether oxygens (including phenoxy) is 1. The molecule has 1 saturated carbocycles. The first-order valence-corrected chi connectivity index (χ1v) is 13.9. The maximum absolute atomic E-state index is 14.0. The molecule has 2 fully saturated rings. The van der Waals surface area contributed by atoms with Gasteiger partial charge in [0.05, 0.1) is 6.17 Å². The molecule has 1 saturated heterocycles. The third-order valence-corrected chi connectivity index (χ3v) is 10.8. The van der Waals surface area contributed by atoms with Gasteiger partial charge in [0.25, 0.3) is 0 Å². The fourth-order valence-electron chi connectivity index (χ4n) is 5.58. The zero-order valence-electron chi connectivity index (χ0n) is 17.7. The SMILES string of the molecule is CC(F)CCC[Si@H]1CC[C@H]([C@H]2CC[C@H](c3cc(F)c(OC(F)F)c(F)c3)CC2)CC1. The number of hydrogen-bond donors (Lipinski definition) is 0. The quantitative estimate of drug-likeness (QED) is 0.294. The topological polar surface area (TPSA) is 9.23 Å². The van der Waals surface area contributed by atoms with Crippen LogP contribution in [0, 0.1) is 23.5 Å². The molecule has 1 aromatic rings. The lowest BCUT2D eigenvalue weighted by molar-refractivity contribution is -0.0546. The first-order chi connectivity index (χ1) is 14.3. The van der Waals surface area contributed by atoms with Crippen LogP contribution < -0.4 is 4.74 Å². The lowest BCUT2D eigenvalue weighted by Gasteiger charge is -2.37. The third-order valence-electron chi connectivity index (χ3n) is 7.24. The Hall–Kier alpha value is -1.11. The fourth-order valence-corrected chi connectivity index (χ4v) is 9.06. The Morgan fingerprint density at radius 1 is 0.933 bits per heavy atom. The van der Waals surface area contributed by atoms with E-state index in [1.54, 1.807) is 6.92 Å². The summed E-state index contributed by atoms with van der Waals surface area (Å²) >= 11 is 0. The van der Waals surface area contributed by atoms with Crippen molar-refractivity contribution in [2.75, 3.05) is 0 Å². The summed E-state index contributed by atoms with van der Waals surface area (Å²) in [5.74, 6) is -1.61. The van der Waals surface area contributed by atoms with E-state index < -0.39 is 39.0 Å². The van der Waals surface area contributed by atoms with E-state index in [9.17, 15) is 22.0 Å². The van der Waals surface area contributed by atoms with Crippen molar-refractivity contribution in [2.45, 2.75) is 95.1 Å². The van der Waals surface area contributed by atoms with Crippen LogP contribution in [0.3, 0.4) is 0 Å². The molecule has 1 aromatic carbocycles. The lowest BCUT2D eigenvalue weighted by atomic mass is 9.72. The van der Waals surface area contributed by atoms with Crippen molar-refractivity contribution >= 4 is 8.80 Å². The highest BCUT2D eigenvalue weighted by Gasteiger charge is 2.32. The molecule has 1 heterocycles. The van der Waals surface area contributed by atoms with E-state index in [-0.39, 0.29) is 5.92 Å². The summed E-state index contributed by atoms with van der Waals surface area (Å²) in [6.45, 7) is -1.61. The summed E-state index contributed by atoms with van der Waals surface area (Å²) < 4.78 is 69.6. The van der Waals surface area contributed by atoms with Crippen LogP contribution in [0.4, 0.5) is 22.0 Å². The average Bonchev–Trinajstić information content (AvgIpc) is 2.71. The highest BCUT2D eigenvalue weighted by Crippen LogP contribution is 2.44. The zero-order chi connectivity index (χ0) is 21.7. The molecule has 1 atom stereocenters. The summed E-state index contributed by atoms with van der Waals surface area (Å²) in [6.07, 6.45) is 7.51. The monoisotopic (exact) mass is 448 g/mol. The minimum atomic E-state index is -3.25. The van der Waals surface area contributed by atoms with Gasteiger partial charge in [0.15, 0.2) is 17.4 Å². The second-order valence-corrected chi connectivity index (χ2v) is 12.8. The van der Waals surface area contributed by atoms with Gasteiger partial charge in [-0.3, -0.25) is 0 Å². The third kappa shape index (κ3) is 6.44. The van der Waals surface area contributed by atoms with Crippen molar-refractivity contribution in [3.63, 3.8) is 0 Å². The minimum Gasteiger partial charge on any atom is -0.429 e. The van der Waals surface area contributed by atoms with Crippen molar-refractivity contribution in [3.05, 3.63) is 29.3 Å². The number of alkyl halides is 3. The maximum Gasteiger partial charge on any atom is 0.387 e. The van der Waals surface area contributed by atoms with Gasteiger partial charge in [-0.15, -0.1) is 0 Å². The van der Waals surface area contributed by atoms with Crippen molar-refractivity contribution in [1.82, 2.24) is 0 Å². The Labute approximate surface area is 178 Å². The molecule has 170 valence electrons. The first kappa shape index (κ1) is 23.5. The van der Waals surface area contributed by atoms with Gasteiger partial charge in [0.2, 0.25) is 0 Å². The van der Waals surface area contributed by atoms with E-state index in [1.165, 1.54) is 31.0 Å². The molecule has 0 amide bonds. The van der Waals surface area contributed by atoms with Crippen molar-refractivity contribution in [1.29, 1.82) is 0 Å². The zero-order valence-corrected chi connectivity index (χ0v) is 18.8. The molecule has 2 aliphatic rings. The standard InChI is InChI=1S/C23H33F5OSi/c1-15(24)3-2-10-30-11-8-18(9-12-30)16-4-6-17(7-5-16)19-13-20(25)22(21(26)14-19)29-23(27)28/h13-18,23,30H,2-12H2,1H3/t15?,16-,17-,18-,30-. The van der Waals surface area contributed by atoms with Gasteiger partial charge in [0.1, 0.15) is 0 Å². The van der Waals surface area contributed by atoms with E-state index in [4.69, 9.17) is 0 Å². The Morgan fingerprint density at radius 2 is 1.50 bits per heavy atom. The molecule has 0 radical (unpaired) electrons. The highest BCUT2D eigenvalue weighted by atomic mass is 28.3. The number of halogens is 5. The molecule has 1 unspecified atom stereocenters. The molecule has 0 N–H and O–H groups in total. The highest BCUT2D eigenvalue weighted by molar-refractivity contribution is 6.58. The van der Waals surface area contributed by atoms with Crippen LogP contribution in [-0.2, 0) is 0 Å². The molecular formula is C23H33F5OSi. The molecular weight excluding hydrogens is 415 g/mol. The summed E-state index contributed by atoms with van der Waals surface area (Å²) in [4.78, 5) is 0. The molecule has 1 nitrogen and oxygen atoms in total. The minimum absolute atomic E-state index is 0.0688. The van der Waals surface area contributed by atoms with Crippen LogP contribution in [0.25, 0.3) is 0 Å². The Kier molecular flexibility index (Phi) is 8.60. The van der Waals surface area contributed by atoms with Gasteiger partial charge in [-0.25, -0.2) is 13.2 Å². The first-order valence-electron chi connectivity index (χ1n) is 11.4. The Balaban J connectivity index is 1.46. The molecule has 3 rings (SSSR count). The molecule has 7 heteroatoms. The summed E-state index contributed by atoms with van der Waals surface area (Å²) in [5.41, 5.74) is 0.545. The molecule has 0 spiro atoms. The van der Waals surface area contributed by atoms with Crippen LogP contribution >= 0.6 is 0 Å². The summed E-state index contributed by atoms with van der Waals surface area (Å²) in [6, 6.07) is 6.32. The van der Waals surface area contributed by atoms with Crippen molar-refractivity contribution < 1.29 is 26.7 Å². The second kappa shape index (κ2) is 11.0. The molecule has 1 aliphatic heterocycles. The van der Waals surface area contributed by atoms with Crippen LogP contribution in [0.2, 0.25) is 18.1 Å². The molecule has 1 aliphatic carbocycles. The molecule has 0 aromatic heterocycles. The summed E-state index contributed by atoms with van der Waals surface area (Å²) in [5, 5.41) is 0. The average molecular weight is 449 g/mol. The van der Waals surface area contributed by atoms with Gasteiger partial charge < -0.3 is 4.74 Å². The molecule has 30 heavy (non-hydrogen) atoms.